The molecule has 0 fully saturated rings. The normalized spacial score (nSPS) is 14.5. The molecule has 4 rings (SSSR count). The third-order valence-corrected chi connectivity index (χ3v) is 5.75. The van der Waals surface area contributed by atoms with Crippen LogP contribution in [0, 0.1) is 6.92 Å². The van der Waals surface area contributed by atoms with Crippen LogP contribution in [0.5, 0.6) is 0 Å². The van der Waals surface area contributed by atoms with Gasteiger partial charge in [0.2, 0.25) is 5.91 Å². The van der Waals surface area contributed by atoms with Crippen LogP contribution in [0.4, 0.5) is 30.4 Å². The van der Waals surface area contributed by atoms with Crippen LogP contribution in [0.25, 0.3) is 11.3 Å². The number of nitrogens with one attached hydrogen (secondary N) is 2. The SMILES string of the molecule is CCN1C(=O)CCOCCNc2cc(-c3cc(NC(=O)c4ccnc(C(F)(F)F)c4)ccc3C)nnc21. The first-order valence-electron chi connectivity index (χ1n) is 11.6. The molecule has 0 atom stereocenters. The highest BCUT2D eigenvalue weighted by molar-refractivity contribution is 6.04. The molecule has 12 heteroatoms. The second-order valence-electron chi connectivity index (χ2n) is 8.31. The minimum Gasteiger partial charge on any atom is -0.380 e. The van der Waals surface area contributed by atoms with E-state index in [-0.39, 0.29) is 17.9 Å². The molecule has 0 saturated heterocycles. The minimum absolute atomic E-state index is 0.125. The summed E-state index contributed by atoms with van der Waals surface area (Å²) in [4.78, 5) is 30.1. The van der Waals surface area contributed by atoms with Crippen molar-refractivity contribution in [1.82, 2.24) is 15.2 Å². The van der Waals surface area contributed by atoms with Crippen LogP contribution in [0.15, 0.2) is 42.6 Å². The second kappa shape index (κ2) is 10.9. The van der Waals surface area contributed by atoms with Gasteiger partial charge in [-0.15, -0.1) is 10.2 Å². The van der Waals surface area contributed by atoms with E-state index in [0.717, 1.165) is 11.8 Å². The molecule has 1 aliphatic rings. The van der Waals surface area contributed by atoms with Crippen LogP contribution < -0.4 is 15.5 Å². The first-order chi connectivity index (χ1) is 17.7. The van der Waals surface area contributed by atoms with Gasteiger partial charge in [0, 0.05) is 36.1 Å². The summed E-state index contributed by atoms with van der Waals surface area (Å²) in [5, 5.41) is 14.5. The fourth-order valence-corrected chi connectivity index (χ4v) is 3.85. The Morgan fingerprint density at radius 2 is 1.97 bits per heavy atom. The van der Waals surface area contributed by atoms with Gasteiger partial charge in [0.05, 0.1) is 31.0 Å². The number of fused-ring (bicyclic) bond motifs is 1. The molecule has 0 bridgehead atoms. The average molecular weight is 515 g/mol. The number of hydrogen-bond acceptors (Lipinski definition) is 7. The number of benzene rings is 1. The molecular weight excluding hydrogens is 489 g/mol. The number of carbonyl (C=O) groups is 2. The lowest BCUT2D eigenvalue weighted by molar-refractivity contribution is -0.141. The number of aryl methyl sites for hydroxylation is 1. The summed E-state index contributed by atoms with van der Waals surface area (Å²) in [5.41, 5.74) is 1.63. The van der Waals surface area contributed by atoms with Gasteiger partial charge in [0.25, 0.3) is 5.91 Å². The molecule has 9 nitrogen and oxygen atoms in total. The summed E-state index contributed by atoms with van der Waals surface area (Å²) in [7, 11) is 0. The summed E-state index contributed by atoms with van der Waals surface area (Å²) in [6.45, 7) is 5.36. The van der Waals surface area contributed by atoms with E-state index < -0.39 is 17.8 Å². The van der Waals surface area contributed by atoms with Gasteiger partial charge in [0.15, 0.2) is 5.82 Å². The number of aromatic nitrogens is 3. The Morgan fingerprint density at radius 1 is 1.16 bits per heavy atom. The molecule has 0 unspecified atom stereocenters. The van der Waals surface area contributed by atoms with Crippen molar-refractivity contribution in [3.05, 3.63) is 59.4 Å². The largest absolute Gasteiger partial charge is 0.433 e. The van der Waals surface area contributed by atoms with Crippen molar-refractivity contribution in [1.29, 1.82) is 0 Å². The van der Waals surface area contributed by atoms with E-state index in [2.05, 4.69) is 25.8 Å². The van der Waals surface area contributed by atoms with Crippen molar-refractivity contribution in [3.63, 3.8) is 0 Å². The maximum Gasteiger partial charge on any atom is 0.433 e. The van der Waals surface area contributed by atoms with Crippen LogP contribution in [0.3, 0.4) is 0 Å². The Kier molecular flexibility index (Phi) is 7.67. The van der Waals surface area contributed by atoms with Crippen LogP contribution >= 0.6 is 0 Å². The molecule has 0 radical (unpaired) electrons. The highest BCUT2D eigenvalue weighted by atomic mass is 19.4. The Labute approximate surface area is 211 Å². The maximum atomic E-state index is 13.0. The zero-order valence-corrected chi connectivity index (χ0v) is 20.2. The minimum atomic E-state index is -4.66. The van der Waals surface area contributed by atoms with Gasteiger partial charge >= 0.3 is 6.18 Å². The van der Waals surface area contributed by atoms with Crippen molar-refractivity contribution in [2.45, 2.75) is 26.4 Å². The Bertz CT molecular complexity index is 1320. The number of pyridine rings is 1. The topological polar surface area (TPSA) is 109 Å². The molecule has 194 valence electrons. The van der Waals surface area contributed by atoms with E-state index in [1.165, 1.54) is 6.07 Å². The van der Waals surface area contributed by atoms with E-state index in [0.29, 0.717) is 60.8 Å². The number of rotatable bonds is 4. The highest BCUT2D eigenvalue weighted by Crippen LogP contribution is 2.32. The van der Waals surface area contributed by atoms with Crippen LogP contribution in [-0.4, -0.2) is 53.3 Å². The van der Waals surface area contributed by atoms with Crippen LogP contribution in [-0.2, 0) is 15.7 Å². The molecule has 0 saturated carbocycles. The molecule has 1 aliphatic heterocycles. The van der Waals surface area contributed by atoms with Crippen molar-refractivity contribution in [2.75, 3.05) is 41.8 Å². The third-order valence-electron chi connectivity index (χ3n) is 5.75. The van der Waals surface area contributed by atoms with Gasteiger partial charge in [-0.05, 0) is 49.7 Å². The summed E-state index contributed by atoms with van der Waals surface area (Å²) < 4.78 is 44.4. The molecule has 3 aromatic rings. The maximum absolute atomic E-state index is 13.0. The van der Waals surface area contributed by atoms with Crippen molar-refractivity contribution in [3.8, 4) is 11.3 Å². The standard InChI is InChI=1S/C25H25F3N6O3/c1-3-34-22(35)7-10-37-11-9-29-20-14-19(32-33-23(20)34)18-13-17(5-4-15(18)2)31-24(36)16-6-8-30-21(12-16)25(26,27)28/h4-6,8,12-14,29H,3,7,9-11H2,1-2H3,(H,31,36). The fourth-order valence-electron chi connectivity index (χ4n) is 3.85. The van der Waals surface area contributed by atoms with Gasteiger partial charge < -0.3 is 15.4 Å². The van der Waals surface area contributed by atoms with E-state index in [1.807, 2.05) is 13.8 Å². The van der Waals surface area contributed by atoms with E-state index in [1.54, 1.807) is 29.2 Å². The first kappa shape index (κ1) is 26.0. The molecule has 2 aromatic heterocycles. The predicted molar refractivity (Wildman–Crippen MR) is 131 cm³/mol. The van der Waals surface area contributed by atoms with E-state index in [9.17, 15) is 22.8 Å². The number of amides is 2. The van der Waals surface area contributed by atoms with Gasteiger partial charge in [-0.3, -0.25) is 19.5 Å². The number of alkyl halides is 3. The Morgan fingerprint density at radius 3 is 2.73 bits per heavy atom. The van der Waals surface area contributed by atoms with Gasteiger partial charge in [-0.1, -0.05) is 6.07 Å². The van der Waals surface area contributed by atoms with Crippen LogP contribution in [0.2, 0.25) is 0 Å². The number of halogens is 3. The number of hydrogen-bond donors (Lipinski definition) is 2. The summed E-state index contributed by atoms with van der Waals surface area (Å²) in [5.74, 6) is -0.420. The lowest BCUT2D eigenvalue weighted by Gasteiger charge is -2.24. The molecular formula is C25H25F3N6O3. The first-order valence-corrected chi connectivity index (χ1v) is 11.6. The smallest absolute Gasteiger partial charge is 0.380 e. The fraction of sp³-hybridized carbons (Fsp3) is 0.320. The Balaban J connectivity index is 1.64. The number of ether oxygens (including phenoxy) is 1. The van der Waals surface area contributed by atoms with Gasteiger partial charge in [0.1, 0.15) is 5.69 Å². The summed E-state index contributed by atoms with van der Waals surface area (Å²) >= 11 is 0. The van der Waals surface area contributed by atoms with E-state index >= 15 is 0 Å². The molecule has 0 spiro atoms. The Hall–Kier alpha value is -4.06. The monoisotopic (exact) mass is 514 g/mol. The highest BCUT2D eigenvalue weighted by Gasteiger charge is 2.33. The lowest BCUT2D eigenvalue weighted by atomic mass is 10.0. The molecule has 1 aromatic carbocycles. The van der Waals surface area contributed by atoms with Crippen molar-refractivity contribution < 1.29 is 27.5 Å². The van der Waals surface area contributed by atoms with E-state index in [4.69, 9.17) is 4.74 Å². The molecule has 0 aliphatic carbocycles. The zero-order chi connectivity index (χ0) is 26.6. The second-order valence-corrected chi connectivity index (χ2v) is 8.31. The number of nitrogens with zero attached hydrogens (tertiary/aromatic N) is 4. The zero-order valence-electron chi connectivity index (χ0n) is 20.2. The van der Waals surface area contributed by atoms with Crippen molar-refractivity contribution >= 4 is 29.0 Å². The molecule has 2 amide bonds. The molecule has 2 N–H and O–H groups in total. The molecule has 3 heterocycles. The van der Waals surface area contributed by atoms with Crippen LogP contribution in [0.1, 0.15) is 35.0 Å². The van der Waals surface area contributed by atoms with Gasteiger partial charge in [-0.25, -0.2) is 0 Å². The number of anilines is 3. The van der Waals surface area contributed by atoms with Gasteiger partial charge in [-0.2, -0.15) is 13.2 Å². The van der Waals surface area contributed by atoms with Crippen molar-refractivity contribution in [2.24, 2.45) is 0 Å². The third kappa shape index (κ3) is 6.02. The average Bonchev–Trinajstić information content (AvgIpc) is 2.87. The summed E-state index contributed by atoms with van der Waals surface area (Å²) in [6.07, 6.45) is -3.48. The lowest BCUT2D eigenvalue weighted by Crippen LogP contribution is -2.34. The quantitative estimate of drug-likeness (QED) is 0.534. The summed E-state index contributed by atoms with van der Waals surface area (Å²) in [6, 6.07) is 8.75. The molecule has 37 heavy (non-hydrogen) atoms. The predicted octanol–water partition coefficient (Wildman–Crippen LogP) is 4.30. The number of carbonyl (C=O) groups excluding carboxylic acids is 2.